The smallest absolute Gasteiger partial charge is 0.0105 e. The van der Waals surface area contributed by atoms with Gasteiger partial charge in [0.05, 0.1) is 0 Å². The van der Waals surface area contributed by atoms with Crippen LogP contribution in [-0.2, 0) is 6.42 Å². The van der Waals surface area contributed by atoms with Gasteiger partial charge in [0.2, 0.25) is 0 Å². The molecule has 3 rings (SSSR count). The Morgan fingerprint density at radius 1 is 0.433 bits per heavy atom. The third kappa shape index (κ3) is 7.17. The van der Waals surface area contributed by atoms with Crippen LogP contribution < -0.4 is 0 Å². The van der Waals surface area contributed by atoms with Gasteiger partial charge in [-0.15, -0.1) is 0 Å². The lowest BCUT2D eigenvalue weighted by Crippen LogP contribution is -1.88. The van der Waals surface area contributed by atoms with E-state index in [1.54, 1.807) is 0 Å². The van der Waals surface area contributed by atoms with Crippen LogP contribution in [0.15, 0.2) is 78.9 Å². The van der Waals surface area contributed by atoms with Crippen molar-refractivity contribution >= 4 is 0 Å². The molecule has 0 atom stereocenters. The lowest BCUT2D eigenvalue weighted by Gasteiger charge is -2.11. The minimum Gasteiger partial charge on any atom is -0.0654 e. The highest BCUT2D eigenvalue weighted by Gasteiger charge is 2.06. The van der Waals surface area contributed by atoms with Gasteiger partial charge in [-0.25, -0.2) is 0 Å². The van der Waals surface area contributed by atoms with Gasteiger partial charge in [-0.3, -0.25) is 0 Å². The van der Waals surface area contributed by atoms with Gasteiger partial charge >= 0.3 is 0 Å². The molecule has 0 bridgehead atoms. The van der Waals surface area contributed by atoms with Gasteiger partial charge in [-0.2, -0.15) is 0 Å². The van der Waals surface area contributed by atoms with E-state index in [-0.39, 0.29) is 0 Å². The van der Waals surface area contributed by atoms with Crippen molar-refractivity contribution in [1.82, 2.24) is 0 Å². The van der Waals surface area contributed by atoms with Crippen molar-refractivity contribution in [3.8, 4) is 22.3 Å². The molecule has 0 fully saturated rings. The Morgan fingerprint density at radius 2 is 0.900 bits per heavy atom. The second kappa shape index (κ2) is 13.1. The van der Waals surface area contributed by atoms with Crippen LogP contribution in [0.5, 0.6) is 0 Å². The van der Waals surface area contributed by atoms with Gasteiger partial charge in [0.1, 0.15) is 0 Å². The molecule has 30 heavy (non-hydrogen) atoms. The van der Waals surface area contributed by atoms with E-state index in [1.165, 1.54) is 98.4 Å². The van der Waals surface area contributed by atoms with E-state index in [9.17, 15) is 0 Å². The zero-order chi connectivity index (χ0) is 20.9. The first-order valence-corrected chi connectivity index (χ1v) is 12.1. The predicted molar refractivity (Wildman–Crippen MR) is 133 cm³/mol. The van der Waals surface area contributed by atoms with Crippen molar-refractivity contribution < 1.29 is 0 Å². The van der Waals surface area contributed by atoms with Crippen molar-refractivity contribution in [1.29, 1.82) is 0 Å². The van der Waals surface area contributed by atoms with Crippen LogP contribution in [-0.4, -0.2) is 0 Å². The fourth-order valence-electron chi connectivity index (χ4n) is 4.27. The van der Waals surface area contributed by atoms with Gasteiger partial charge in [0.15, 0.2) is 0 Å². The molecule has 0 heterocycles. The van der Waals surface area contributed by atoms with Crippen molar-refractivity contribution in [3.63, 3.8) is 0 Å². The highest BCUT2D eigenvalue weighted by atomic mass is 14.1. The molecule has 0 aliphatic carbocycles. The fraction of sp³-hybridized carbons (Fsp3) is 0.400. The third-order valence-electron chi connectivity index (χ3n) is 6.10. The topological polar surface area (TPSA) is 0 Å². The molecule has 0 saturated carbocycles. The van der Waals surface area contributed by atoms with Gasteiger partial charge in [0, 0.05) is 0 Å². The molecule has 0 unspecified atom stereocenters. The zero-order valence-electron chi connectivity index (χ0n) is 18.8. The van der Waals surface area contributed by atoms with Gasteiger partial charge < -0.3 is 0 Å². The summed E-state index contributed by atoms with van der Waals surface area (Å²) in [5.41, 5.74) is 6.68. The number of hydrogen-bond donors (Lipinski definition) is 0. The molecule has 0 aliphatic heterocycles. The Bertz CT molecular complexity index is 829. The van der Waals surface area contributed by atoms with E-state index in [0.717, 1.165) is 0 Å². The Hall–Kier alpha value is -2.34. The fourth-order valence-corrected chi connectivity index (χ4v) is 4.27. The largest absolute Gasteiger partial charge is 0.0654 e. The summed E-state index contributed by atoms with van der Waals surface area (Å²) in [4.78, 5) is 0. The molecule has 0 spiro atoms. The lowest BCUT2D eigenvalue weighted by atomic mass is 9.93. The molecule has 3 aromatic carbocycles. The molecule has 0 amide bonds. The lowest BCUT2D eigenvalue weighted by molar-refractivity contribution is 0.556. The summed E-state index contributed by atoms with van der Waals surface area (Å²) in [5.74, 6) is 0. The maximum absolute atomic E-state index is 2.32. The zero-order valence-corrected chi connectivity index (χ0v) is 18.8. The van der Waals surface area contributed by atoms with Gasteiger partial charge in [-0.05, 0) is 40.7 Å². The number of unbranched alkanes of at least 4 members (excludes halogenated alkanes) is 9. The Kier molecular flexibility index (Phi) is 9.73. The van der Waals surface area contributed by atoms with Crippen LogP contribution in [0.4, 0.5) is 0 Å². The first-order valence-electron chi connectivity index (χ1n) is 12.1. The van der Waals surface area contributed by atoms with Crippen LogP contribution >= 0.6 is 0 Å². The van der Waals surface area contributed by atoms with Gasteiger partial charge in [-0.1, -0.05) is 144 Å². The quantitative estimate of drug-likeness (QED) is 0.251. The number of benzene rings is 3. The Balaban J connectivity index is 1.44. The van der Waals surface area contributed by atoms with Crippen molar-refractivity contribution in [2.45, 2.75) is 77.6 Å². The van der Waals surface area contributed by atoms with E-state index in [4.69, 9.17) is 0 Å². The Morgan fingerprint density at radius 3 is 1.47 bits per heavy atom. The average Bonchev–Trinajstić information content (AvgIpc) is 2.81. The van der Waals surface area contributed by atoms with Crippen LogP contribution in [0.25, 0.3) is 22.3 Å². The van der Waals surface area contributed by atoms with E-state index >= 15 is 0 Å². The summed E-state index contributed by atoms with van der Waals surface area (Å²) in [6.45, 7) is 2.29. The first kappa shape index (κ1) is 22.3. The highest BCUT2D eigenvalue weighted by molar-refractivity contribution is 5.83. The highest BCUT2D eigenvalue weighted by Crippen LogP contribution is 2.32. The van der Waals surface area contributed by atoms with Crippen LogP contribution in [0.2, 0.25) is 0 Å². The van der Waals surface area contributed by atoms with Crippen molar-refractivity contribution in [2.24, 2.45) is 0 Å². The molecule has 0 aromatic heterocycles. The van der Waals surface area contributed by atoms with E-state index < -0.39 is 0 Å². The van der Waals surface area contributed by atoms with Crippen molar-refractivity contribution in [2.75, 3.05) is 0 Å². The van der Waals surface area contributed by atoms with Crippen LogP contribution in [0.3, 0.4) is 0 Å². The number of rotatable bonds is 13. The molecular weight excluding hydrogens is 360 g/mol. The van der Waals surface area contributed by atoms with E-state index in [1.807, 2.05) is 0 Å². The monoisotopic (exact) mass is 398 g/mol. The maximum atomic E-state index is 2.32. The summed E-state index contributed by atoms with van der Waals surface area (Å²) in [6.07, 6.45) is 15.2. The minimum atomic E-state index is 1.21. The molecule has 0 saturated heterocycles. The second-order valence-corrected chi connectivity index (χ2v) is 8.54. The molecule has 0 heteroatoms. The van der Waals surface area contributed by atoms with E-state index in [2.05, 4.69) is 85.8 Å². The normalized spacial score (nSPS) is 11.0. The molecular formula is C30H38. The molecule has 158 valence electrons. The van der Waals surface area contributed by atoms with E-state index in [0.29, 0.717) is 0 Å². The summed E-state index contributed by atoms with van der Waals surface area (Å²) in [6, 6.07) is 28.7. The minimum absolute atomic E-state index is 1.21. The molecule has 0 radical (unpaired) electrons. The molecule has 3 aromatic rings. The average molecular weight is 399 g/mol. The van der Waals surface area contributed by atoms with Crippen LogP contribution in [0, 0.1) is 0 Å². The number of hydrogen-bond acceptors (Lipinski definition) is 0. The summed E-state index contributed by atoms with van der Waals surface area (Å²) in [7, 11) is 0. The summed E-state index contributed by atoms with van der Waals surface area (Å²) >= 11 is 0. The molecule has 0 N–H and O–H groups in total. The van der Waals surface area contributed by atoms with Crippen LogP contribution in [0.1, 0.15) is 76.7 Å². The Labute approximate surface area is 184 Å². The maximum Gasteiger partial charge on any atom is -0.0105 e. The molecule has 0 aliphatic rings. The SMILES string of the molecule is CCCCCCCCCCCCc1ccc(-c2ccccc2-c2ccccc2)cc1. The predicted octanol–water partition coefficient (Wildman–Crippen LogP) is 9.48. The van der Waals surface area contributed by atoms with Gasteiger partial charge in [0.25, 0.3) is 0 Å². The molecule has 0 nitrogen and oxygen atoms in total. The second-order valence-electron chi connectivity index (χ2n) is 8.54. The third-order valence-corrected chi connectivity index (χ3v) is 6.10. The standard InChI is InChI=1S/C30H38/c1-2-3-4-5-6-7-8-9-10-12-17-26-22-24-28(25-23-26)30-21-16-15-20-29(30)27-18-13-11-14-19-27/h11,13-16,18-25H,2-10,12,17H2,1H3. The number of aryl methyl sites for hydroxylation is 1. The first-order chi connectivity index (χ1) is 14.9. The van der Waals surface area contributed by atoms with Crippen molar-refractivity contribution in [3.05, 3.63) is 84.4 Å². The summed E-state index contributed by atoms with van der Waals surface area (Å²) in [5, 5.41) is 0. The summed E-state index contributed by atoms with van der Waals surface area (Å²) < 4.78 is 0.